The quantitative estimate of drug-likeness (QED) is 0.487. The van der Waals surface area contributed by atoms with Gasteiger partial charge in [-0.2, -0.15) is 4.31 Å². The van der Waals surface area contributed by atoms with E-state index in [4.69, 9.17) is 5.84 Å². The Morgan fingerprint density at radius 3 is 2.70 bits per heavy atom. The molecule has 1 heterocycles. The van der Waals surface area contributed by atoms with Gasteiger partial charge in [-0.3, -0.25) is 16.0 Å². The van der Waals surface area contributed by atoms with Crippen LogP contribution in [0.2, 0.25) is 0 Å². The maximum absolute atomic E-state index is 12.6. The van der Waals surface area contributed by atoms with Gasteiger partial charge in [0.05, 0.1) is 10.6 Å². The molecule has 1 aromatic rings. The van der Waals surface area contributed by atoms with Gasteiger partial charge >= 0.3 is 0 Å². The number of rotatable bonds is 4. The number of nitrogens with one attached hydrogen (secondary N) is 1. The van der Waals surface area contributed by atoms with E-state index in [-0.39, 0.29) is 22.3 Å². The molecule has 0 saturated carbocycles. The van der Waals surface area contributed by atoms with E-state index in [1.54, 1.807) is 0 Å². The van der Waals surface area contributed by atoms with Crippen LogP contribution in [-0.4, -0.2) is 30.2 Å². The molecule has 0 radical (unpaired) electrons. The SMILES string of the molecule is CC1CCCN1S(=O)(=O)c1cc([N+](=O)[O-])ccc1NN. The summed E-state index contributed by atoms with van der Waals surface area (Å²) < 4.78 is 26.6. The zero-order valence-corrected chi connectivity index (χ0v) is 11.8. The molecule has 1 aromatic carbocycles. The topological polar surface area (TPSA) is 119 Å². The molecule has 1 atom stereocenters. The van der Waals surface area contributed by atoms with Gasteiger partial charge in [-0.1, -0.05) is 0 Å². The second kappa shape index (κ2) is 5.35. The molecule has 110 valence electrons. The predicted octanol–water partition coefficient (Wildman–Crippen LogP) is 1.05. The summed E-state index contributed by atoms with van der Waals surface area (Å²) in [6.45, 7) is 2.23. The van der Waals surface area contributed by atoms with Gasteiger partial charge in [0.25, 0.3) is 5.69 Å². The van der Waals surface area contributed by atoms with Crippen LogP contribution in [-0.2, 0) is 10.0 Å². The summed E-state index contributed by atoms with van der Waals surface area (Å²) in [5.74, 6) is 5.30. The highest BCUT2D eigenvalue weighted by Crippen LogP contribution is 2.32. The molecule has 0 aromatic heterocycles. The number of non-ortho nitro benzene ring substituents is 1. The van der Waals surface area contributed by atoms with Crippen LogP contribution in [0.25, 0.3) is 0 Å². The van der Waals surface area contributed by atoms with Crippen molar-refractivity contribution >= 4 is 21.4 Å². The fourth-order valence-corrected chi connectivity index (χ4v) is 4.22. The molecule has 0 amide bonds. The third-order valence-corrected chi connectivity index (χ3v) is 5.46. The molecule has 0 spiro atoms. The van der Waals surface area contributed by atoms with Crippen molar-refractivity contribution in [3.63, 3.8) is 0 Å². The molecule has 3 N–H and O–H groups in total. The summed E-state index contributed by atoms with van der Waals surface area (Å²) in [5, 5.41) is 10.8. The Labute approximate surface area is 116 Å². The molecule has 1 unspecified atom stereocenters. The van der Waals surface area contributed by atoms with Crippen LogP contribution in [0.15, 0.2) is 23.1 Å². The lowest BCUT2D eigenvalue weighted by Crippen LogP contribution is -2.34. The van der Waals surface area contributed by atoms with Crippen LogP contribution in [0.4, 0.5) is 11.4 Å². The van der Waals surface area contributed by atoms with Crippen LogP contribution in [0.5, 0.6) is 0 Å². The first-order valence-electron chi connectivity index (χ1n) is 6.15. The molecule has 0 bridgehead atoms. The lowest BCUT2D eigenvalue weighted by atomic mass is 10.3. The summed E-state index contributed by atoms with van der Waals surface area (Å²) >= 11 is 0. The smallest absolute Gasteiger partial charge is 0.270 e. The van der Waals surface area contributed by atoms with Crippen LogP contribution >= 0.6 is 0 Å². The highest BCUT2D eigenvalue weighted by Gasteiger charge is 2.35. The number of nitrogen functional groups attached to an aromatic ring is 1. The van der Waals surface area contributed by atoms with Crippen molar-refractivity contribution in [3.8, 4) is 0 Å². The number of nitrogens with zero attached hydrogens (tertiary/aromatic N) is 2. The van der Waals surface area contributed by atoms with Crippen molar-refractivity contribution in [3.05, 3.63) is 28.3 Å². The van der Waals surface area contributed by atoms with Crippen molar-refractivity contribution in [1.29, 1.82) is 0 Å². The Morgan fingerprint density at radius 1 is 1.50 bits per heavy atom. The predicted molar refractivity (Wildman–Crippen MR) is 73.5 cm³/mol. The van der Waals surface area contributed by atoms with Crippen molar-refractivity contribution in [1.82, 2.24) is 4.31 Å². The lowest BCUT2D eigenvalue weighted by Gasteiger charge is -2.22. The summed E-state index contributed by atoms with van der Waals surface area (Å²) in [7, 11) is -3.80. The number of hydrogen-bond donors (Lipinski definition) is 2. The maximum Gasteiger partial charge on any atom is 0.270 e. The molecule has 1 aliphatic rings. The van der Waals surface area contributed by atoms with Gasteiger partial charge in [-0.15, -0.1) is 0 Å². The van der Waals surface area contributed by atoms with E-state index in [2.05, 4.69) is 5.43 Å². The standard InChI is InChI=1S/C11H16N4O4S/c1-8-3-2-6-14(8)20(18,19)11-7-9(15(16)17)4-5-10(11)13-12/h4-5,7-8,13H,2-3,6,12H2,1H3. The number of nitro groups is 1. The van der Waals surface area contributed by atoms with E-state index in [9.17, 15) is 18.5 Å². The van der Waals surface area contributed by atoms with E-state index < -0.39 is 14.9 Å². The number of anilines is 1. The summed E-state index contributed by atoms with van der Waals surface area (Å²) in [4.78, 5) is 10.0. The minimum Gasteiger partial charge on any atom is -0.323 e. The monoisotopic (exact) mass is 300 g/mol. The van der Waals surface area contributed by atoms with Crippen molar-refractivity contribution < 1.29 is 13.3 Å². The second-order valence-corrected chi connectivity index (χ2v) is 6.55. The van der Waals surface area contributed by atoms with E-state index in [0.29, 0.717) is 6.54 Å². The first-order chi connectivity index (χ1) is 9.37. The first-order valence-corrected chi connectivity index (χ1v) is 7.59. The Morgan fingerprint density at radius 2 is 2.20 bits per heavy atom. The highest BCUT2D eigenvalue weighted by molar-refractivity contribution is 7.89. The van der Waals surface area contributed by atoms with Gasteiger partial charge in [0.2, 0.25) is 10.0 Å². The molecule has 2 rings (SSSR count). The van der Waals surface area contributed by atoms with E-state index in [1.807, 2.05) is 6.92 Å². The number of hydrazine groups is 1. The van der Waals surface area contributed by atoms with E-state index in [0.717, 1.165) is 18.9 Å². The van der Waals surface area contributed by atoms with Gasteiger partial charge < -0.3 is 5.43 Å². The molecule has 1 saturated heterocycles. The van der Waals surface area contributed by atoms with Crippen molar-refractivity contribution in [2.75, 3.05) is 12.0 Å². The number of nitro benzene ring substituents is 1. The fourth-order valence-electron chi connectivity index (χ4n) is 2.35. The molecular formula is C11H16N4O4S. The number of sulfonamides is 1. The molecule has 0 aliphatic carbocycles. The van der Waals surface area contributed by atoms with Gasteiger partial charge in [0, 0.05) is 24.7 Å². The van der Waals surface area contributed by atoms with Crippen molar-refractivity contribution in [2.45, 2.75) is 30.7 Å². The normalized spacial score (nSPS) is 20.0. The molecule has 8 nitrogen and oxygen atoms in total. The average Bonchev–Trinajstić information content (AvgIpc) is 2.84. The zero-order valence-electron chi connectivity index (χ0n) is 10.9. The third kappa shape index (κ3) is 2.47. The second-order valence-electron chi connectivity index (χ2n) is 4.69. The minimum absolute atomic E-state index is 0.120. The van der Waals surface area contributed by atoms with E-state index >= 15 is 0 Å². The van der Waals surface area contributed by atoms with Gasteiger partial charge in [0.15, 0.2) is 0 Å². The minimum atomic E-state index is -3.80. The zero-order chi connectivity index (χ0) is 14.9. The first kappa shape index (κ1) is 14.7. The number of hydrogen-bond acceptors (Lipinski definition) is 6. The molecule has 1 fully saturated rings. The maximum atomic E-state index is 12.6. The Kier molecular flexibility index (Phi) is 3.93. The average molecular weight is 300 g/mol. The van der Waals surface area contributed by atoms with Gasteiger partial charge in [0.1, 0.15) is 4.90 Å². The third-order valence-electron chi connectivity index (χ3n) is 3.41. The lowest BCUT2D eigenvalue weighted by molar-refractivity contribution is -0.385. The molecular weight excluding hydrogens is 284 g/mol. The summed E-state index contributed by atoms with van der Waals surface area (Å²) in [6, 6.07) is 3.42. The van der Waals surface area contributed by atoms with Crippen LogP contribution in [0, 0.1) is 10.1 Å². The largest absolute Gasteiger partial charge is 0.323 e. The van der Waals surface area contributed by atoms with Gasteiger partial charge in [-0.05, 0) is 25.8 Å². The fraction of sp³-hybridized carbons (Fsp3) is 0.455. The van der Waals surface area contributed by atoms with E-state index in [1.165, 1.54) is 16.4 Å². The summed E-state index contributed by atoms with van der Waals surface area (Å²) in [5.41, 5.74) is 2.14. The molecule has 20 heavy (non-hydrogen) atoms. The van der Waals surface area contributed by atoms with Crippen LogP contribution in [0.1, 0.15) is 19.8 Å². The molecule has 1 aliphatic heterocycles. The molecule has 9 heteroatoms. The Balaban J connectivity index is 2.54. The highest BCUT2D eigenvalue weighted by atomic mass is 32.2. The number of benzene rings is 1. The van der Waals surface area contributed by atoms with Crippen LogP contribution < -0.4 is 11.3 Å². The van der Waals surface area contributed by atoms with Crippen LogP contribution in [0.3, 0.4) is 0 Å². The van der Waals surface area contributed by atoms with Gasteiger partial charge in [-0.25, -0.2) is 8.42 Å². The summed E-state index contributed by atoms with van der Waals surface area (Å²) in [6.07, 6.45) is 1.56. The Hall–Kier alpha value is -1.71. The number of nitrogens with two attached hydrogens (primary N) is 1. The van der Waals surface area contributed by atoms with Crippen molar-refractivity contribution in [2.24, 2.45) is 5.84 Å². The Bertz CT molecular complexity index is 631.